The third-order valence-electron chi connectivity index (χ3n) is 5.79. The van der Waals surface area contributed by atoms with E-state index in [2.05, 4.69) is 5.32 Å². The highest BCUT2D eigenvalue weighted by atomic mass is 35.5. The molecule has 1 N–H and O–H groups in total. The Hall–Kier alpha value is -2.50. The summed E-state index contributed by atoms with van der Waals surface area (Å²) in [5.41, 5.74) is -0.586. The molecule has 0 saturated heterocycles. The van der Waals surface area contributed by atoms with Crippen molar-refractivity contribution < 1.29 is 31.2 Å². The first kappa shape index (κ1) is 32.7. The summed E-state index contributed by atoms with van der Waals surface area (Å²) in [5, 5.41) is 3.52. The van der Waals surface area contributed by atoms with E-state index in [0.717, 1.165) is 28.8 Å². The molecule has 39 heavy (non-hydrogen) atoms. The third kappa shape index (κ3) is 9.58. The molecule has 7 nitrogen and oxygen atoms in total. The van der Waals surface area contributed by atoms with Crippen LogP contribution in [0.3, 0.4) is 0 Å². The zero-order chi connectivity index (χ0) is 29.5. The Morgan fingerprint density at radius 1 is 1.08 bits per heavy atom. The van der Waals surface area contributed by atoms with Crippen LogP contribution in [0.1, 0.15) is 51.2 Å². The Balaban J connectivity index is 2.29. The van der Waals surface area contributed by atoms with E-state index in [-0.39, 0.29) is 43.6 Å². The number of nitrogens with zero attached hydrogens (tertiary/aromatic N) is 2. The van der Waals surface area contributed by atoms with Gasteiger partial charge in [-0.2, -0.15) is 13.2 Å². The summed E-state index contributed by atoms with van der Waals surface area (Å²) in [6.07, 6.45) is -3.64. The van der Waals surface area contributed by atoms with Gasteiger partial charge in [-0.25, -0.2) is 8.42 Å². The summed E-state index contributed by atoms with van der Waals surface area (Å²) in [5.74, 6) is -0.795. The van der Waals surface area contributed by atoms with Crippen molar-refractivity contribution in [2.24, 2.45) is 0 Å². The van der Waals surface area contributed by atoms with Crippen molar-refractivity contribution in [3.8, 4) is 0 Å². The lowest BCUT2D eigenvalue weighted by molar-refractivity contribution is -0.141. The second-order valence-electron chi connectivity index (χ2n) is 9.33. The number of carbonyl (C=O) groups excluding carboxylic acids is 2. The monoisotopic (exact) mass is 609 g/mol. The van der Waals surface area contributed by atoms with E-state index in [0.29, 0.717) is 22.0 Å². The van der Waals surface area contributed by atoms with Crippen molar-refractivity contribution >= 4 is 50.7 Å². The standard InChI is InChI=1S/C26H32Cl2F3N3O4S/c1-5-23(25(36)32-17(2)3)33(16-18-11-12-20(27)15-22(18)28)24(35)10-7-13-34(39(4,37)38)21-9-6-8-19(14-21)26(29,30)31/h6,8-9,11-12,14-15,17,23H,5,7,10,13,16H2,1-4H3,(H,32,36)/t23-/m0/s1. The summed E-state index contributed by atoms with van der Waals surface area (Å²) >= 11 is 12.3. The molecule has 13 heteroatoms. The van der Waals surface area contributed by atoms with E-state index in [9.17, 15) is 31.2 Å². The lowest BCUT2D eigenvalue weighted by atomic mass is 10.1. The number of carbonyl (C=O) groups is 2. The van der Waals surface area contributed by atoms with Crippen LogP contribution in [0.4, 0.5) is 18.9 Å². The van der Waals surface area contributed by atoms with Crippen molar-refractivity contribution in [1.29, 1.82) is 0 Å². The molecule has 0 radical (unpaired) electrons. The van der Waals surface area contributed by atoms with Gasteiger partial charge in [-0.15, -0.1) is 0 Å². The van der Waals surface area contributed by atoms with Gasteiger partial charge in [0.05, 0.1) is 17.5 Å². The van der Waals surface area contributed by atoms with Gasteiger partial charge in [-0.1, -0.05) is 42.3 Å². The molecule has 0 aromatic heterocycles. The number of rotatable bonds is 12. The molecule has 2 aromatic carbocycles. The second-order valence-corrected chi connectivity index (χ2v) is 12.1. The van der Waals surface area contributed by atoms with Crippen molar-refractivity contribution in [2.45, 2.75) is 64.8 Å². The Kier molecular flexibility index (Phi) is 11.5. The van der Waals surface area contributed by atoms with Gasteiger partial charge >= 0.3 is 6.18 Å². The molecule has 0 bridgehead atoms. The molecule has 0 aliphatic carbocycles. The summed E-state index contributed by atoms with van der Waals surface area (Å²) in [7, 11) is -3.96. The summed E-state index contributed by atoms with van der Waals surface area (Å²) < 4.78 is 65.3. The van der Waals surface area contributed by atoms with Gasteiger partial charge < -0.3 is 10.2 Å². The maximum Gasteiger partial charge on any atom is 0.416 e. The fourth-order valence-electron chi connectivity index (χ4n) is 3.97. The average molecular weight is 611 g/mol. The fourth-order valence-corrected chi connectivity index (χ4v) is 5.40. The summed E-state index contributed by atoms with van der Waals surface area (Å²) in [6.45, 7) is 5.10. The van der Waals surface area contributed by atoms with Crippen LogP contribution in [-0.2, 0) is 32.3 Å². The topological polar surface area (TPSA) is 86.8 Å². The first-order valence-corrected chi connectivity index (χ1v) is 14.8. The molecule has 0 spiro atoms. The average Bonchev–Trinajstić information content (AvgIpc) is 2.81. The largest absolute Gasteiger partial charge is 0.416 e. The Bertz CT molecular complexity index is 1270. The van der Waals surface area contributed by atoms with Gasteiger partial charge in [0, 0.05) is 35.6 Å². The molecule has 216 valence electrons. The van der Waals surface area contributed by atoms with E-state index < -0.39 is 33.7 Å². The minimum absolute atomic E-state index is 0.00226. The van der Waals surface area contributed by atoms with E-state index >= 15 is 0 Å². The Morgan fingerprint density at radius 3 is 2.28 bits per heavy atom. The van der Waals surface area contributed by atoms with Gasteiger partial charge in [0.2, 0.25) is 21.8 Å². The highest BCUT2D eigenvalue weighted by Gasteiger charge is 2.32. The van der Waals surface area contributed by atoms with Crippen LogP contribution < -0.4 is 9.62 Å². The fraction of sp³-hybridized carbons (Fsp3) is 0.462. The molecule has 0 saturated carbocycles. The molecule has 0 heterocycles. The Labute approximate surface area is 237 Å². The number of sulfonamides is 1. The zero-order valence-corrected chi connectivity index (χ0v) is 24.4. The zero-order valence-electron chi connectivity index (χ0n) is 22.1. The molecule has 0 unspecified atom stereocenters. The summed E-state index contributed by atoms with van der Waals surface area (Å²) in [6, 6.07) is 7.77. The van der Waals surface area contributed by atoms with E-state index in [1.165, 1.54) is 17.0 Å². The normalized spacial score (nSPS) is 12.8. The second kappa shape index (κ2) is 13.7. The van der Waals surface area contributed by atoms with Crippen LogP contribution in [0.15, 0.2) is 42.5 Å². The predicted octanol–water partition coefficient (Wildman–Crippen LogP) is 5.89. The predicted molar refractivity (Wildman–Crippen MR) is 147 cm³/mol. The number of alkyl halides is 3. The van der Waals surface area contributed by atoms with Gasteiger partial charge in [0.1, 0.15) is 6.04 Å². The minimum atomic E-state index is -4.65. The molecular formula is C26H32Cl2F3N3O4S. The van der Waals surface area contributed by atoms with Crippen LogP contribution in [0.25, 0.3) is 0 Å². The molecular weight excluding hydrogens is 578 g/mol. The number of benzene rings is 2. The van der Waals surface area contributed by atoms with Crippen molar-refractivity contribution in [1.82, 2.24) is 10.2 Å². The van der Waals surface area contributed by atoms with Crippen LogP contribution in [0.2, 0.25) is 10.0 Å². The van der Waals surface area contributed by atoms with Crippen LogP contribution in [-0.4, -0.2) is 50.0 Å². The number of nitrogens with one attached hydrogen (secondary N) is 1. The molecule has 1 atom stereocenters. The van der Waals surface area contributed by atoms with Crippen LogP contribution >= 0.6 is 23.2 Å². The number of hydrogen-bond donors (Lipinski definition) is 1. The van der Waals surface area contributed by atoms with E-state index in [1.807, 2.05) is 0 Å². The Morgan fingerprint density at radius 2 is 1.74 bits per heavy atom. The molecule has 2 aromatic rings. The number of anilines is 1. The minimum Gasteiger partial charge on any atom is -0.352 e. The van der Waals surface area contributed by atoms with Crippen molar-refractivity contribution in [3.63, 3.8) is 0 Å². The number of halogens is 5. The SMILES string of the molecule is CC[C@@H](C(=O)NC(C)C)N(Cc1ccc(Cl)cc1Cl)C(=O)CCCN(c1cccc(C(F)(F)F)c1)S(C)(=O)=O. The van der Waals surface area contributed by atoms with Crippen LogP contribution in [0, 0.1) is 0 Å². The molecule has 0 aliphatic rings. The lowest BCUT2D eigenvalue weighted by Crippen LogP contribution is -2.50. The van der Waals surface area contributed by atoms with Crippen molar-refractivity contribution in [2.75, 3.05) is 17.1 Å². The van der Waals surface area contributed by atoms with Crippen molar-refractivity contribution in [3.05, 3.63) is 63.6 Å². The first-order valence-electron chi connectivity index (χ1n) is 12.2. The van der Waals surface area contributed by atoms with Gasteiger partial charge in [-0.05, 0) is 62.6 Å². The first-order chi connectivity index (χ1) is 18.0. The highest BCUT2D eigenvalue weighted by molar-refractivity contribution is 7.92. The molecule has 2 amide bonds. The maximum atomic E-state index is 13.4. The maximum absolute atomic E-state index is 13.4. The number of hydrogen-bond acceptors (Lipinski definition) is 4. The quantitative estimate of drug-likeness (QED) is 0.325. The number of amides is 2. The highest BCUT2D eigenvalue weighted by Crippen LogP contribution is 2.32. The smallest absolute Gasteiger partial charge is 0.352 e. The van der Waals surface area contributed by atoms with E-state index in [1.54, 1.807) is 32.9 Å². The molecule has 2 rings (SSSR count). The summed E-state index contributed by atoms with van der Waals surface area (Å²) in [4.78, 5) is 27.7. The van der Waals surface area contributed by atoms with E-state index in [4.69, 9.17) is 23.2 Å². The van der Waals surface area contributed by atoms with Gasteiger partial charge in [0.25, 0.3) is 0 Å². The van der Waals surface area contributed by atoms with Crippen LogP contribution in [0.5, 0.6) is 0 Å². The molecule has 0 fully saturated rings. The third-order valence-corrected chi connectivity index (χ3v) is 7.57. The lowest BCUT2D eigenvalue weighted by Gasteiger charge is -2.32. The molecule has 0 aliphatic heterocycles. The van der Waals surface area contributed by atoms with Gasteiger partial charge in [0.15, 0.2) is 0 Å². The van der Waals surface area contributed by atoms with Gasteiger partial charge in [-0.3, -0.25) is 13.9 Å².